The highest BCUT2D eigenvalue weighted by Gasteiger charge is 2.42. The van der Waals surface area contributed by atoms with Gasteiger partial charge in [0.05, 0.1) is 16.1 Å². The number of thiazole rings is 1. The van der Waals surface area contributed by atoms with Gasteiger partial charge in [-0.25, -0.2) is 4.98 Å². The number of benzene rings is 1. The molecule has 0 N–H and O–H groups in total. The molecule has 0 aliphatic carbocycles. The van der Waals surface area contributed by atoms with Crippen LogP contribution >= 0.6 is 11.3 Å². The van der Waals surface area contributed by atoms with Crippen LogP contribution < -0.4 is 4.90 Å². The first-order valence-electron chi connectivity index (χ1n) is 6.21. The second-order valence-corrected chi connectivity index (χ2v) is 5.80. The van der Waals surface area contributed by atoms with Gasteiger partial charge in [-0.15, -0.1) is 0 Å². The third-order valence-electron chi connectivity index (χ3n) is 3.44. The van der Waals surface area contributed by atoms with Crippen molar-refractivity contribution < 1.29 is 13.2 Å². The number of nitrogens with zero attached hydrogens (tertiary/aromatic N) is 2. The van der Waals surface area contributed by atoms with Gasteiger partial charge in [0, 0.05) is 13.1 Å². The molecule has 1 atom stereocenters. The van der Waals surface area contributed by atoms with Gasteiger partial charge in [0.15, 0.2) is 5.13 Å². The van der Waals surface area contributed by atoms with Crippen molar-refractivity contribution in [2.24, 2.45) is 5.92 Å². The molecule has 0 amide bonds. The van der Waals surface area contributed by atoms with E-state index in [2.05, 4.69) is 4.98 Å². The highest BCUT2D eigenvalue weighted by Crippen LogP contribution is 2.36. The Hall–Kier alpha value is -1.30. The topological polar surface area (TPSA) is 16.1 Å². The summed E-state index contributed by atoms with van der Waals surface area (Å²) in [6.45, 7) is 0.690. The summed E-state index contributed by atoms with van der Waals surface area (Å²) in [6.07, 6.45) is -3.31. The quantitative estimate of drug-likeness (QED) is 0.785. The number of hydrogen-bond acceptors (Lipinski definition) is 3. The van der Waals surface area contributed by atoms with Gasteiger partial charge in [0.1, 0.15) is 0 Å². The first-order valence-corrected chi connectivity index (χ1v) is 7.03. The van der Waals surface area contributed by atoms with Crippen LogP contribution in [-0.2, 0) is 0 Å². The normalized spacial score (nSPS) is 21.0. The zero-order chi connectivity index (χ0) is 13.5. The molecular formula is C13H13F3N2S. The molecular weight excluding hydrogens is 273 g/mol. The lowest BCUT2D eigenvalue weighted by Gasteiger charge is -2.33. The lowest BCUT2D eigenvalue weighted by Crippen LogP contribution is -2.41. The maximum absolute atomic E-state index is 12.8. The van der Waals surface area contributed by atoms with Gasteiger partial charge in [-0.2, -0.15) is 13.2 Å². The molecule has 1 saturated heterocycles. The van der Waals surface area contributed by atoms with E-state index in [4.69, 9.17) is 0 Å². The van der Waals surface area contributed by atoms with E-state index in [1.54, 1.807) is 4.90 Å². The van der Waals surface area contributed by atoms with Crippen LogP contribution in [0.3, 0.4) is 0 Å². The fraction of sp³-hybridized carbons (Fsp3) is 0.462. The van der Waals surface area contributed by atoms with Gasteiger partial charge in [0.25, 0.3) is 0 Å². The third-order valence-corrected chi connectivity index (χ3v) is 4.53. The number of fused-ring (bicyclic) bond motifs is 1. The summed E-state index contributed by atoms with van der Waals surface area (Å²) in [5, 5.41) is 0.704. The van der Waals surface area contributed by atoms with Crippen molar-refractivity contribution in [3.05, 3.63) is 24.3 Å². The fourth-order valence-corrected chi connectivity index (χ4v) is 3.41. The molecule has 2 nitrogen and oxygen atoms in total. The molecule has 1 aromatic heterocycles. The van der Waals surface area contributed by atoms with Crippen LogP contribution in [0.4, 0.5) is 18.3 Å². The maximum Gasteiger partial charge on any atom is 0.393 e. The van der Waals surface area contributed by atoms with E-state index >= 15 is 0 Å². The summed E-state index contributed by atoms with van der Waals surface area (Å²) >= 11 is 1.46. The fourth-order valence-electron chi connectivity index (χ4n) is 2.41. The summed E-state index contributed by atoms with van der Waals surface area (Å²) in [5.41, 5.74) is 0.858. The standard InChI is InChI=1S/C13H13F3N2S/c14-13(15,16)9-4-3-7-18(8-9)12-17-10-5-1-2-6-11(10)19-12/h1-2,5-6,9H,3-4,7-8H2/t9-/m1/s1. The van der Waals surface area contributed by atoms with Crippen molar-refractivity contribution in [3.63, 3.8) is 0 Å². The first-order chi connectivity index (χ1) is 9.04. The molecule has 19 heavy (non-hydrogen) atoms. The number of alkyl halides is 3. The number of piperidine rings is 1. The average molecular weight is 286 g/mol. The molecule has 102 valence electrons. The zero-order valence-corrected chi connectivity index (χ0v) is 11.0. The van der Waals surface area contributed by atoms with Crippen LogP contribution in [0.1, 0.15) is 12.8 Å². The SMILES string of the molecule is FC(F)(F)[C@@H]1CCCN(c2nc3ccccc3s2)C1. The second-order valence-electron chi connectivity index (χ2n) is 4.79. The molecule has 2 aromatic rings. The van der Waals surface area contributed by atoms with E-state index in [0.29, 0.717) is 18.1 Å². The number of rotatable bonds is 1. The molecule has 1 aromatic carbocycles. The monoisotopic (exact) mass is 286 g/mol. The van der Waals surface area contributed by atoms with E-state index in [9.17, 15) is 13.2 Å². The largest absolute Gasteiger partial charge is 0.393 e. The predicted molar refractivity (Wildman–Crippen MR) is 70.6 cm³/mol. The second kappa shape index (κ2) is 4.67. The van der Waals surface area contributed by atoms with Crippen LogP contribution in [0.15, 0.2) is 24.3 Å². The summed E-state index contributed by atoms with van der Waals surface area (Å²) in [4.78, 5) is 6.20. The minimum Gasteiger partial charge on any atom is -0.347 e. The molecule has 0 bridgehead atoms. The van der Waals surface area contributed by atoms with Gasteiger partial charge < -0.3 is 4.90 Å². The van der Waals surface area contributed by atoms with E-state index in [1.807, 2.05) is 24.3 Å². The Labute approximate surface area is 112 Å². The van der Waals surface area contributed by atoms with Crippen molar-refractivity contribution in [1.82, 2.24) is 4.98 Å². The van der Waals surface area contributed by atoms with Crippen LogP contribution in [0.25, 0.3) is 10.2 Å². The highest BCUT2D eigenvalue weighted by molar-refractivity contribution is 7.22. The molecule has 6 heteroatoms. The summed E-state index contributed by atoms with van der Waals surface area (Å²) in [7, 11) is 0. The maximum atomic E-state index is 12.8. The minimum absolute atomic E-state index is 0.0311. The van der Waals surface area contributed by atoms with Gasteiger partial charge in [0.2, 0.25) is 0 Å². The van der Waals surface area contributed by atoms with Crippen LogP contribution in [0, 0.1) is 5.92 Å². The number of aromatic nitrogens is 1. The Morgan fingerprint density at radius 1 is 1.26 bits per heavy atom. The van der Waals surface area contributed by atoms with Crippen LogP contribution in [0.5, 0.6) is 0 Å². The summed E-state index contributed by atoms with van der Waals surface area (Å²) < 4.78 is 39.4. The van der Waals surface area contributed by atoms with Crippen molar-refractivity contribution in [2.45, 2.75) is 19.0 Å². The molecule has 3 rings (SSSR count). The highest BCUT2D eigenvalue weighted by atomic mass is 32.1. The lowest BCUT2D eigenvalue weighted by molar-refractivity contribution is -0.175. The van der Waals surface area contributed by atoms with Crippen molar-refractivity contribution in [3.8, 4) is 0 Å². The molecule has 0 spiro atoms. The molecule has 0 saturated carbocycles. The van der Waals surface area contributed by atoms with Gasteiger partial charge in [-0.05, 0) is 25.0 Å². The van der Waals surface area contributed by atoms with E-state index < -0.39 is 12.1 Å². The summed E-state index contributed by atoms with van der Waals surface area (Å²) in [5.74, 6) is -1.23. The van der Waals surface area contributed by atoms with Crippen molar-refractivity contribution in [2.75, 3.05) is 18.0 Å². The van der Waals surface area contributed by atoms with Crippen molar-refractivity contribution in [1.29, 1.82) is 0 Å². The number of anilines is 1. The summed E-state index contributed by atoms with van der Waals surface area (Å²) in [6, 6.07) is 7.64. The van der Waals surface area contributed by atoms with Crippen LogP contribution in [0.2, 0.25) is 0 Å². The first kappa shape index (κ1) is 12.7. The Balaban J connectivity index is 1.85. The smallest absolute Gasteiger partial charge is 0.347 e. The number of hydrogen-bond donors (Lipinski definition) is 0. The van der Waals surface area contributed by atoms with Crippen LogP contribution in [-0.4, -0.2) is 24.2 Å². The average Bonchev–Trinajstić information content (AvgIpc) is 2.81. The predicted octanol–water partition coefficient (Wildman–Crippen LogP) is 4.08. The van der Waals surface area contributed by atoms with Gasteiger partial charge >= 0.3 is 6.18 Å². The Bertz CT molecular complexity index is 546. The molecule has 0 unspecified atom stereocenters. The molecule has 2 heterocycles. The molecule has 1 aliphatic rings. The number of para-hydroxylation sites is 1. The minimum atomic E-state index is -4.10. The third kappa shape index (κ3) is 2.54. The van der Waals surface area contributed by atoms with Gasteiger partial charge in [-0.1, -0.05) is 23.5 Å². The van der Waals surface area contributed by atoms with E-state index in [1.165, 1.54) is 11.3 Å². The Morgan fingerprint density at radius 3 is 2.79 bits per heavy atom. The van der Waals surface area contributed by atoms with Gasteiger partial charge in [-0.3, -0.25) is 0 Å². The molecule has 0 radical (unpaired) electrons. The molecule has 1 fully saturated rings. The Kier molecular flexibility index (Phi) is 3.12. The Morgan fingerprint density at radius 2 is 2.05 bits per heavy atom. The van der Waals surface area contributed by atoms with E-state index in [-0.39, 0.29) is 13.0 Å². The van der Waals surface area contributed by atoms with E-state index in [0.717, 1.165) is 10.2 Å². The lowest BCUT2D eigenvalue weighted by atomic mass is 9.98. The molecule has 1 aliphatic heterocycles. The van der Waals surface area contributed by atoms with Crippen molar-refractivity contribution >= 4 is 26.7 Å². The zero-order valence-electron chi connectivity index (χ0n) is 10.2. The number of halogens is 3.